The van der Waals surface area contributed by atoms with Crippen molar-refractivity contribution < 1.29 is 9.53 Å². The Hall–Kier alpha value is -1.33. The second kappa shape index (κ2) is 6.21. The van der Waals surface area contributed by atoms with E-state index in [-0.39, 0.29) is 5.91 Å². The molecule has 1 aromatic heterocycles. The number of nitrogens with one attached hydrogen (secondary N) is 1. The number of carbonyl (C=O) groups is 1. The van der Waals surface area contributed by atoms with Crippen LogP contribution in [0.5, 0.6) is 0 Å². The van der Waals surface area contributed by atoms with Gasteiger partial charge in [0.15, 0.2) is 0 Å². The number of rotatable bonds is 6. The second-order valence-corrected chi connectivity index (χ2v) is 3.17. The number of nitrogens with zero attached hydrogens (tertiary/aromatic N) is 1. The summed E-state index contributed by atoms with van der Waals surface area (Å²) in [6, 6.07) is 3.78. The lowest BCUT2D eigenvalue weighted by Gasteiger charge is -2.08. The van der Waals surface area contributed by atoms with Crippen molar-refractivity contribution in [2.24, 2.45) is 5.73 Å². The van der Waals surface area contributed by atoms with Crippen LogP contribution in [0.1, 0.15) is 5.69 Å². The van der Waals surface area contributed by atoms with Gasteiger partial charge in [-0.1, -0.05) is 0 Å². The molecule has 5 nitrogen and oxygen atoms in total. The normalized spacial score (nSPS) is 10.3. The van der Waals surface area contributed by atoms with Crippen LogP contribution in [-0.2, 0) is 22.6 Å². The van der Waals surface area contributed by atoms with E-state index in [4.69, 9.17) is 10.5 Å². The average Bonchev–Trinajstić information content (AvgIpc) is 2.65. The lowest BCUT2D eigenvalue weighted by atomic mass is 10.4. The van der Waals surface area contributed by atoms with Crippen molar-refractivity contribution in [3.05, 3.63) is 24.0 Å². The van der Waals surface area contributed by atoms with Gasteiger partial charge in [0.1, 0.15) is 6.54 Å². The number of hydrogen-bond donors (Lipinski definition) is 2. The molecule has 0 spiro atoms. The van der Waals surface area contributed by atoms with Crippen LogP contribution in [-0.4, -0.2) is 30.7 Å². The Morgan fingerprint density at radius 2 is 2.47 bits per heavy atom. The van der Waals surface area contributed by atoms with Gasteiger partial charge in [0.25, 0.3) is 0 Å². The molecule has 0 aromatic carbocycles. The van der Waals surface area contributed by atoms with Gasteiger partial charge in [-0.3, -0.25) is 4.79 Å². The minimum Gasteiger partial charge on any atom is -0.383 e. The van der Waals surface area contributed by atoms with Crippen LogP contribution in [0, 0.1) is 0 Å². The van der Waals surface area contributed by atoms with E-state index < -0.39 is 0 Å². The number of aromatic nitrogens is 1. The predicted molar refractivity (Wildman–Crippen MR) is 57.2 cm³/mol. The molecule has 0 saturated heterocycles. The van der Waals surface area contributed by atoms with Crippen molar-refractivity contribution in [2.75, 3.05) is 20.3 Å². The topological polar surface area (TPSA) is 69.3 Å². The fraction of sp³-hybridized carbons (Fsp3) is 0.500. The molecule has 1 aromatic rings. The number of methoxy groups -OCH3 is 1. The van der Waals surface area contributed by atoms with Crippen molar-refractivity contribution >= 4 is 5.91 Å². The minimum absolute atomic E-state index is 0.0297. The predicted octanol–water partition coefficient (Wildman–Crippen LogP) is -0.291. The molecule has 5 heteroatoms. The van der Waals surface area contributed by atoms with E-state index in [0.717, 1.165) is 5.69 Å². The number of nitrogens with two attached hydrogens (primary N) is 1. The molecule has 1 rings (SSSR count). The van der Waals surface area contributed by atoms with Gasteiger partial charge in [-0.15, -0.1) is 0 Å². The van der Waals surface area contributed by atoms with Gasteiger partial charge in [0.2, 0.25) is 5.91 Å². The van der Waals surface area contributed by atoms with Crippen LogP contribution in [0.4, 0.5) is 0 Å². The molecule has 0 bridgehead atoms. The molecule has 0 aliphatic carbocycles. The molecule has 0 radical (unpaired) electrons. The molecule has 1 heterocycles. The van der Waals surface area contributed by atoms with Crippen LogP contribution in [0.2, 0.25) is 0 Å². The maximum Gasteiger partial charge on any atom is 0.240 e. The zero-order chi connectivity index (χ0) is 11.1. The molecule has 1 amide bonds. The first kappa shape index (κ1) is 11.7. The third kappa shape index (κ3) is 3.73. The van der Waals surface area contributed by atoms with Crippen molar-refractivity contribution in [1.29, 1.82) is 0 Å². The Balaban J connectivity index is 2.37. The lowest BCUT2D eigenvalue weighted by molar-refractivity contribution is -0.121. The van der Waals surface area contributed by atoms with Crippen molar-refractivity contribution in [3.63, 3.8) is 0 Å². The van der Waals surface area contributed by atoms with E-state index in [1.54, 1.807) is 7.11 Å². The quantitative estimate of drug-likeness (QED) is 0.635. The highest BCUT2D eigenvalue weighted by atomic mass is 16.5. The lowest BCUT2D eigenvalue weighted by Crippen LogP contribution is -2.30. The van der Waals surface area contributed by atoms with Gasteiger partial charge in [-0.05, 0) is 12.1 Å². The monoisotopic (exact) mass is 211 g/mol. The van der Waals surface area contributed by atoms with Gasteiger partial charge in [-0.25, -0.2) is 0 Å². The van der Waals surface area contributed by atoms with Crippen molar-refractivity contribution in [2.45, 2.75) is 13.1 Å². The van der Waals surface area contributed by atoms with E-state index in [1.807, 2.05) is 22.9 Å². The summed E-state index contributed by atoms with van der Waals surface area (Å²) in [4.78, 5) is 11.4. The number of carbonyl (C=O) groups excluding carboxylic acids is 1. The molecule has 3 N–H and O–H groups in total. The van der Waals surface area contributed by atoms with E-state index >= 15 is 0 Å². The van der Waals surface area contributed by atoms with E-state index in [9.17, 15) is 4.79 Å². The van der Waals surface area contributed by atoms with E-state index in [0.29, 0.717) is 26.2 Å². The maximum atomic E-state index is 11.4. The minimum atomic E-state index is -0.0297. The summed E-state index contributed by atoms with van der Waals surface area (Å²) in [6.07, 6.45) is 1.85. The molecular weight excluding hydrogens is 194 g/mol. The average molecular weight is 211 g/mol. The van der Waals surface area contributed by atoms with E-state index in [2.05, 4.69) is 5.32 Å². The van der Waals surface area contributed by atoms with Crippen LogP contribution in [0.3, 0.4) is 0 Å². The zero-order valence-electron chi connectivity index (χ0n) is 8.90. The fourth-order valence-electron chi connectivity index (χ4n) is 1.29. The summed E-state index contributed by atoms with van der Waals surface area (Å²) in [5, 5.41) is 2.75. The number of amides is 1. The van der Waals surface area contributed by atoms with Gasteiger partial charge in [-0.2, -0.15) is 0 Å². The smallest absolute Gasteiger partial charge is 0.240 e. The summed E-state index contributed by atoms with van der Waals surface area (Å²) in [7, 11) is 1.60. The van der Waals surface area contributed by atoms with Crippen LogP contribution < -0.4 is 11.1 Å². The Bertz CT molecular complexity index is 309. The summed E-state index contributed by atoms with van der Waals surface area (Å²) < 4.78 is 6.67. The highest BCUT2D eigenvalue weighted by Gasteiger charge is 2.04. The standard InChI is InChI=1S/C10H17N3O2/c1-15-6-4-12-10(14)8-13-5-2-3-9(13)7-11/h2-3,5H,4,6-8,11H2,1H3,(H,12,14). The highest BCUT2D eigenvalue weighted by molar-refractivity contribution is 5.75. The van der Waals surface area contributed by atoms with Crippen LogP contribution >= 0.6 is 0 Å². The first-order valence-corrected chi connectivity index (χ1v) is 4.87. The first-order valence-electron chi connectivity index (χ1n) is 4.87. The first-order chi connectivity index (χ1) is 7.27. The summed E-state index contributed by atoms with van der Waals surface area (Å²) in [5.74, 6) is -0.0297. The molecule has 0 aliphatic heterocycles. The molecule has 0 aliphatic rings. The molecule has 0 atom stereocenters. The van der Waals surface area contributed by atoms with Gasteiger partial charge >= 0.3 is 0 Å². The van der Waals surface area contributed by atoms with Crippen LogP contribution in [0.15, 0.2) is 18.3 Å². The molecule has 84 valence electrons. The fourth-order valence-corrected chi connectivity index (χ4v) is 1.29. The van der Waals surface area contributed by atoms with Crippen molar-refractivity contribution in [3.8, 4) is 0 Å². The SMILES string of the molecule is COCCNC(=O)Cn1cccc1CN. The molecule has 0 saturated carbocycles. The molecular formula is C10H17N3O2. The summed E-state index contributed by atoms with van der Waals surface area (Å²) >= 11 is 0. The molecule has 15 heavy (non-hydrogen) atoms. The molecule has 0 unspecified atom stereocenters. The van der Waals surface area contributed by atoms with Crippen LogP contribution in [0.25, 0.3) is 0 Å². The van der Waals surface area contributed by atoms with Gasteiger partial charge < -0.3 is 20.4 Å². The number of hydrogen-bond acceptors (Lipinski definition) is 3. The summed E-state index contributed by atoms with van der Waals surface area (Å²) in [5.41, 5.74) is 6.48. The maximum absolute atomic E-state index is 11.4. The Labute approximate surface area is 89.2 Å². The highest BCUT2D eigenvalue weighted by Crippen LogP contribution is 2.00. The Kier molecular flexibility index (Phi) is 4.86. The third-order valence-corrected chi connectivity index (χ3v) is 2.07. The Morgan fingerprint density at radius 1 is 1.67 bits per heavy atom. The van der Waals surface area contributed by atoms with Crippen molar-refractivity contribution in [1.82, 2.24) is 9.88 Å². The Morgan fingerprint density at radius 3 is 3.13 bits per heavy atom. The number of ether oxygens (including phenoxy) is 1. The largest absolute Gasteiger partial charge is 0.383 e. The van der Waals surface area contributed by atoms with Gasteiger partial charge in [0.05, 0.1) is 6.61 Å². The second-order valence-electron chi connectivity index (χ2n) is 3.17. The summed E-state index contributed by atoms with van der Waals surface area (Å²) in [6.45, 7) is 1.82. The van der Waals surface area contributed by atoms with E-state index in [1.165, 1.54) is 0 Å². The van der Waals surface area contributed by atoms with Gasteiger partial charge in [0, 0.05) is 32.1 Å². The third-order valence-electron chi connectivity index (χ3n) is 2.07. The molecule has 0 fully saturated rings. The zero-order valence-corrected chi connectivity index (χ0v) is 8.90.